The van der Waals surface area contributed by atoms with Crippen LogP contribution in [0.3, 0.4) is 0 Å². The molecule has 17 heavy (non-hydrogen) atoms. The fourth-order valence-electron chi connectivity index (χ4n) is 1.68. The zero-order valence-electron chi connectivity index (χ0n) is 9.27. The highest BCUT2D eigenvalue weighted by Crippen LogP contribution is 2.31. The van der Waals surface area contributed by atoms with Gasteiger partial charge in [0.05, 0.1) is 11.5 Å². The largest absolute Gasteiger partial charge is 0.494 e. The first-order valence-electron chi connectivity index (χ1n) is 5.07. The van der Waals surface area contributed by atoms with Crippen molar-refractivity contribution in [1.29, 1.82) is 0 Å². The topological polar surface area (TPSA) is 81.1 Å². The smallest absolute Gasteiger partial charge is 0.299 e. The Bertz CT molecular complexity index is 589. The summed E-state index contributed by atoms with van der Waals surface area (Å²) in [6.07, 6.45) is 2.88. The van der Waals surface area contributed by atoms with Crippen LogP contribution >= 0.6 is 0 Å². The fraction of sp³-hybridized carbons (Fsp3) is 0.182. The van der Waals surface area contributed by atoms with Crippen LogP contribution in [0.2, 0.25) is 0 Å². The molecule has 6 heteroatoms. The van der Waals surface area contributed by atoms with E-state index in [9.17, 15) is 10.1 Å². The number of ether oxygens (including phenoxy) is 1. The zero-order valence-corrected chi connectivity index (χ0v) is 9.27. The molecule has 0 aromatic carbocycles. The monoisotopic (exact) mass is 233 g/mol. The van der Waals surface area contributed by atoms with Gasteiger partial charge in [0.2, 0.25) is 0 Å². The third-order valence-corrected chi connectivity index (χ3v) is 2.36. The number of hydrogen-bond acceptors (Lipinski definition) is 4. The van der Waals surface area contributed by atoms with Crippen molar-refractivity contribution in [3.8, 4) is 0 Å². The summed E-state index contributed by atoms with van der Waals surface area (Å²) in [6, 6.07) is 1.72. The Morgan fingerprint density at radius 2 is 2.47 bits per heavy atom. The van der Waals surface area contributed by atoms with Gasteiger partial charge in [0.15, 0.2) is 0 Å². The van der Waals surface area contributed by atoms with E-state index in [0.717, 1.165) is 0 Å². The van der Waals surface area contributed by atoms with Crippen LogP contribution in [0.1, 0.15) is 12.5 Å². The molecular formula is C11H11N3O3. The second-order valence-electron chi connectivity index (χ2n) is 3.37. The Hall–Kier alpha value is -2.37. The maximum Gasteiger partial charge on any atom is 0.299 e. The number of nitro groups is 1. The van der Waals surface area contributed by atoms with Crippen LogP contribution in [-0.2, 0) is 4.74 Å². The summed E-state index contributed by atoms with van der Waals surface area (Å²) in [5.41, 5.74) is 0.852. The SMILES string of the molecule is C=C(OCC)c1c([N+](=O)[O-])cnc2[nH]ccc12. The fourth-order valence-corrected chi connectivity index (χ4v) is 1.68. The Labute approximate surface area is 97.1 Å². The summed E-state index contributed by atoms with van der Waals surface area (Å²) in [4.78, 5) is 17.3. The number of fused-ring (bicyclic) bond motifs is 1. The molecule has 0 aliphatic heterocycles. The second kappa shape index (κ2) is 4.25. The van der Waals surface area contributed by atoms with Crippen molar-refractivity contribution >= 4 is 22.5 Å². The number of aromatic amines is 1. The van der Waals surface area contributed by atoms with Gasteiger partial charge in [0.1, 0.15) is 23.2 Å². The predicted octanol–water partition coefficient (Wildman–Crippen LogP) is 2.48. The molecule has 0 fully saturated rings. The lowest BCUT2D eigenvalue weighted by molar-refractivity contribution is -0.385. The average molecular weight is 233 g/mol. The third kappa shape index (κ3) is 1.84. The van der Waals surface area contributed by atoms with Gasteiger partial charge in [0.25, 0.3) is 5.69 Å². The molecule has 1 N–H and O–H groups in total. The number of pyridine rings is 1. The number of rotatable bonds is 4. The van der Waals surface area contributed by atoms with Crippen LogP contribution in [-0.4, -0.2) is 21.5 Å². The van der Waals surface area contributed by atoms with Crippen molar-refractivity contribution in [3.05, 3.63) is 40.7 Å². The number of aromatic nitrogens is 2. The molecule has 0 atom stereocenters. The van der Waals surface area contributed by atoms with E-state index in [1.54, 1.807) is 19.2 Å². The van der Waals surface area contributed by atoms with Crippen LogP contribution < -0.4 is 0 Å². The second-order valence-corrected chi connectivity index (χ2v) is 3.37. The molecule has 0 radical (unpaired) electrons. The summed E-state index contributed by atoms with van der Waals surface area (Å²) in [5, 5.41) is 11.6. The molecule has 0 saturated heterocycles. The van der Waals surface area contributed by atoms with Crippen LogP contribution in [0.4, 0.5) is 5.69 Å². The van der Waals surface area contributed by atoms with Gasteiger partial charge in [-0.1, -0.05) is 6.58 Å². The van der Waals surface area contributed by atoms with E-state index in [-0.39, 0.29) is 11.4 Å². The Kier molecular flexibility index (Phi) is 2.78. The van der Waals surface area contributed by atoms with E-state index in [2.05, 4.69) is 16.5 Å². The first kappa shape index (κ1) is 11.1. The van der Waals surface area contributed by atoms with Gasteiger partial charge in [0, 0.05) is 11.6 Å². The highest BCUT2D eigenvalue weighted by Gasteiger charge is 2.21. The van der Waals surface area contributed by atoms with Crippen molar-refractivity contribution in [3.63, 3.8) is 0 Å². The molecule has 2 heterocycles. The van der Waals surface area contributed by atoms with Crippen molar-refractivity contribution in [2.24, 2.45) is 0 Å². The van der Waals surface area contributed by atoms with Crippen molar-refractivity contribution in [1.82, 2.24) is 9.97 Å². The van der Waals surface area contributed by atoms with E-state index in [1.807, 2.05) is 0 Å². The molecule has 0 spiro atoms. The minimum absolute atomic E-state index is 0.101. The van der Waals surface area contributed by atoms with E-state index < -0.39 is 4.92 Å². The van der Waals surface area contributed by atoms with Crippen LogP contribution in [0.15, 0.2) is 25.0 Å². The highest BCUT2D eigenvalue weighted by atomic mass is 16.6. The Morgan fingerprint density at radius 3 is 3.12 bits per heavy atom. The average Bonchev–Trinajstić information content (AvgIpc) is 2.75. The number of H-pyrrole nitrogens is 1. The predicted molar refractivity (Wildman–Crippen MR) is 63.4 cm³/mol. The normalized spacial score (nSPS) is 10.4. The van der Waals surface area contributed by atoms with Gasteiger partial charge < -0.3 is 9.72 Å². The number of nitrogens with one attached hydrogen (secondary N) is 1. The van der Waals surface area contributed by atoms with E-state index >= 15 is 0 Å². The summed E-state index contributed by atoms with van der Waals surface area (Å²) in [6.45, 7) is 5.92. The maximum absolute atomic E-state index is 11.0. The highest BCUT2D eigenvalue weighted by molar-refractivity contribution is 5.92. The molecule has 2 aromatic rings. The minimum Gasteiger partial charge on any atom is -0.494 e. The van der Waals surface area contributed by atoms with Gasteiger partial charge in [-0.3, -0.25) is 10.1 Å². The van der Waals surface area contributed by atoms with E-state index in [4.69, 9.17) is 4.74 Å². The van der Waals surface area contributed by atoms with Crippen molar-refractivity contribution < 1.29 is 9.66 Å². The standard InChI is InChI=1S/C11H11N3O3/c1-3-17-7(2)10-8-4-5-12-11(8)13-6-9(10)14(15)16/h4-6H,2-3H2,1H3,(H,12,13). The third-order valence-electron chi connectivity index (χ3n) is 2.36. The van der Waals surface area contributed by atoms with Gasteiger partial charge >= 0.3 is 0 Å². The first-order chi connectivity index (χ1) is 8.15. The molecule has 0 aliphatic rings. The van der Waals surface area contributed by atoms with Gasteiger partial charge in [-0.25, -0.2) is 4.98 Å². The molecule has 0 amide bonds. The number of nitrogens with zero attached hydrogens (tertiary/aromatic N) is 2. The van der Waals surface area contributed by atoms with Gasteiger partial charge in [-0.2, -0.15) is 0 Å². The van der Waals surface area contributed by atoms with Crippen LogP contribution in [0.5, 0.6) is 0 Å². The van der Waals surface area contributed by atoms with Gasteiger partial charge in [-0.15, -0.1) is 0 Å². The lowest BCUT2D eigenvalue weighted by Gasteiger charge is -2.08. The molecule has 88 valence electrons. The molecule has 0 aliphatic carbocycles. The Morgan fingerprint density at radius 1 is 1.71 bits per heavy atom. The quantitative estimate of drug-likeness (QED) is 0.499. The maximum atomic E-state index is 11.0. The van der Waals surface area contributed by atoms with Crippen molar-refractivity contribution in [2.45, 2.75) is 6.92 Å². The van der Waals surface area contributed by atoms with Crippen LogP contribution in [0, 0.1) is 10.1 Å². The molecular weight excluding hydrogens is 222 g/mol. The summed E-state index contributed by atoms with van der Waals surface area (Å²) in [5.74, 6) is 0.284. The van der Waals surface area contributed by atoms with Gasteiger partial charge in [-0.05, 0) is 13.0 Å². The lowest BCUT2D eigenvalue weighted by Crippen LogP contribution is -1.99. The molecule has 2 rings (SSSR count). The molecule has 0 unspecified atom stereocenters. The number of hydrogen-bond donors (Lipinski definition) is 1. The summed E-state index contributed by atoms with van der Waals surface area (Å²) in [7, 11) is 0. The van der Waals surface area contributed by atoms with E-state index in [0.29, 0.717) is 23.2 Å². The lowest BCUT2D eigenvalue weighted by atomic mass is 10.1. The molecule has 2 aromatic heterocycles. The summed E-state index contributed by atoms with van der Waals surface area (Å²) < 4.78 is 5.26. The van der Waals surface area contributed by atoms with Crippen molar-refractivity contribution in [2.75, 3.05) is 6.61 Å². The van der Waals surface area contributed by atoms with Crippen LogP contribution in [0.25, 0.3) is 16.8 Å². The molecule has 0 saturated carbocycles. The Balaban J connectivity index is 2.69. The summed E-state index contributed by atoms with van der Waals surface area (Å²) >= 11 is 0. The zero-order chi connectivity index (χ0) is 12.4. The molecule has 0 bridgehead atoms. The van der Waals surface area contributed by atoms with E-state index in [1.165, 1.54) is 6.20 Å². The first-order valence-corrected chi connectivity index (χ1v) is 5.07. The molecule has 6 nitrogen and oxygen atoms in total. The minimum atomic E-state index is -0.487.